The maximum absolute atomic E-state index is 6.10. The molecule has 2 aromatic heterocycles. The third-order valence-electron chi connectivity index (χ3n) is 2.73. The van der Waals surface area contributed by atoms with Gasteiger partial charge in [-0.2, -0.15) is 0 Å². The van der Waals surface area contributed by atoms with Crippen LogP contribution in [0.2, 0.25) is 5.02 Å². The van der Waals surface area contributed by atoms with Gasteiger partial charge < -0.3 is 10.1 Å². The number of aromatic nitrogens is 2. The van der Waals surface area contributed by atoms with E-state index in [0.717, 1.165) is 24.2 Å². The van der Waals surface area contributed by atoms with Crippen molar-refractivity contribution in [2.24, 2.45) is 5.73 Å². The minimum absolute atomic E-state index is 0.211. The number of nitrogens with zero attached hydrogens (tertiary/aromatic N) is 2. The lowest BCUT2D eigenvalue weighted by Gasteiger charge is -2.07. The lowest BCUT2D eigenvalue weighted by atomic mass is 10.3. The largest absolute Gasteiger partial charge is 0.319 e. The van der Waals surface area contributed by atoms with Crippen molar-refractivity contribution < 1.29 is 0 Å². The summed E-state index contributed by atoms with van der Waals surface area (Å²) in [6.45, 7) is 0. The van der Waals surface area contributed by atoms with Crippen LogP contribution < -0.4 is 5.73 Å². The van der Waals surface area contributed by atoms with Gasteiger partial charge in [0.05, 0.1) is 22.3 Å². The van der Waals surface area contributed by atoms with Crippen molar-refractivity contribution in [2.45, 2.75) is 18.4 Å². The van der Waals surface area contributed by atoms with Gasteiger partial charge in [0.2, 0.25) is 0 Å². The van der Waals surface area contributed by atoms with Gasteiger partial charge in [-0.05, 0) is 25.0 Å². The Balaban J connectivity index is 2.29. The molecule has 1 saturated carbocycles. The quantitative estimate of drug-likeness (QED) is 0.777. The number of nitrogens with two attached hydrogens (primary N) is 1. The van der Waals surface area contributed by atoms with Crippen molar-refractivity contribution in [3.05, 3.63) is 35.4 Å². The highest BCUT2D eigenvalue weighted by atomic mass is 35.5. The molecule has 4 heteroatoms. The molecule has 0 aromatic carbocycles. The molecule has 3 rings (SSSR count). The Morgan fingerprint density at radius 2 is 2.21 bits per heavy atom. The van der Waals surface area contributed by atoms with Crippen molar-refractivity contribution in [3.63, 3.8) is 0 Å². The molecule has 0 unspecified atom stereocenters. The third kappa shape index (κ3) is 1.06. The Morgan fingerprint density at radius 1 is 1.43 bits per heavy atom. The average molecular weight is 208 g/mol. The highest BCUT2D eigenvalue weighted by Gasteiger charge is 2.43. The fraction of sp³-hybridized carbons (Fsp3) is 0.300. The SMILES string of the molecule is NC1(c2ncc3ccc(Cl)cn23)CC1. The summed E-state index contributed by atoms with van der Waals surface area (Å²) in [5.41, 5.74) is 6.93. The molecule has 0 saturated heterocycles. The van der Waals surface area contributed by atoms with Crippen LogP contribution in [-0.2, 0) is 5.54 Å². The monoisotopic (exact) mass is 207 g/mol. The van der Waals surface area contributed by atoms with E-state index in [1.54, 1.807) is 0 Å². The van der Waals surface area contributed by atoms with Gasteiger partial charge in [0.1, 0.15) is 5.82 Å². The summed E-state index contributed by atoms with van der Waals surface area (Å²) in [5, 5.41) is 0.709. The summed E-state index contributed by atoms with van der Waals surface area (Å²) in [5.74, 6) is 0.926. The fourth-order valence-electron chi connectivity index (χ4n) is 1.69. The van der Waals surface area contributed by atoms with Gasteiger partial charge in [-0.1, -0.05) is 11.6 Å². The first kappa shape index (κ1) is 8.26. The van der Waals surface area contributed by atoms with Crippen molar-refractivity contribution in [2.75, 3.05) is 0 Å². The fourth-order valence-corrected chi connectivity index (χ4v) is 1.85. The molecule has 0 atom stereocenters. The first-order valence-corrected chi connectivity index (χ1v) is 4.99. The van der Waals surface area contributed by atoms with Crippen LogP contribution >= 0.6 is 11.6 Å². The van der Waals surface area contributed by atoms with Gasteiger partial charge in [0, 0.05) is 6.20 Å². The van der Waals surface area contributed by atoms with Gasteiger partial charge in [-0.25, -0.2) is 4.98 Å². The van der Waals surface area contributed by atoms with E-state index in [2.05, 4.69) is 4.98 Å². The Hall–Kier alpha value is -1.06. The lowest BCUT2D eigenvalue weighted by molar-refractivity contribution is 0.669. The van der Waals surface area contributed by atoms with Crippen LogP contribution in [0.5, 0.6) is 0 Å². The van der Waals surface area contributed by atoms with E-state index >= 15 is 0 Å². The zero-order valence-electron chi connectivity index (χ0n) is 7.57. The van der Waals surface area contributed by atoms with Crippen LogP contribution in [0, 0.1) is 0 Å². The summed E-state index contributed by atoms with van der Waals surface area (Å²) in [6, 6.07) is 3.81. The number of rotatable bonds is 1. The van der Waals surface area contributed by atoms with Crippen LogP contribution in [-0.4, -0.2) is 9.38 Å². The third-order valence-corrected chi connectivity index (χ3v) is 2.95. The van der Waals surface area contributed by atoms with Gasteiger partial charge in [0.15, 0.2) is 0 Å². The molecule has 0 aliphatic heterocycles. The lowest BCUT2D eigenvalue weighted by Crippen LogP contribution is -2.22. The number of halogens is 1. The number of imidazole rings is 1. The Morgan fingerprint density at radius 3 is 2.93 bits per heavy atom. The van der Waals surface area contributed by atoms with Crippen LogP contribution in [0.4, 0.5) is 0 Å². The van der Waals surface area contributed by atoms with Gasteiger partial charge in [-0.15, -0.1) is 0 Å². The molecule has 0 spiro atoms. The molecule has 14 heavy (non-hydrogen) atoms. The van der Waals surface area contributed by atoms with E-state index in [-0.39, 0.29) is 5.54 Å². The molecule has 0 bridgehead atoms. The highest BCUT2D eigenvalue weighted by molar-refractivity contribution is 6.30. The molecule has 2 heterocycles. The summed E-state index contributed by atoms with van der Waals surface area (Å²) >= 11 is 5.93. The van der Waals surface area contributed by atoms with Gasteiger partial charge in [0.25, 0.3) is 0 Å². The molecule has 1 aliphatic carbocycles. The van der Waals surface area contributed by atoms with Gasteiger partial charge in [-0.3, -0.25) is 0 Å². The van der Waals surface area contributed by atoms with Gasteiger partial charge >= 0.3 is 0 Å². The predicted octanol–water partition coefficient (Wildman–Crippen LogP) is 1.94. The zero-order valence-corrected chi connectivity index (χ0v) is 8.33. The molecule has 72 valence electrons. The molecule has 1 aliphatic rings. The van der Waals surface area contributed by atoms with E-state index in [0.29, 0.717) is 5.02 Å². The second kappa shape index (κ2) is 2.49. The maximum atomic E-state index is 6.10. The number of pyridine rings is 1. The highest BCUT2D eigenvalue weighted by Crippen LogP contribution is 2.41. The smallest absolute Gasteiger partial charge is 0.133 e. The second-order valence-corrected chi connectivity index (χ2v) is 4.32. The van der Waals surface area contributed by atoms with E-state index in [9.17, 15) is 0 Å². The van der Waals surface area contributed by atoms with Crippen LogP contribution in [0.1, 0.15) is 18.7 Å². The van der Waals surface area contributed by atoms with Crippen molar-refractivity contribution >= 4 is 17.1 Å². The summed E-state index contributed by atoms with van der Waals surface area (Å²) in [7, 11) is 0. The van der Waals surface area contributed by atoms with E-state index in [1.807, 2.05) is 28.9 Å². The predicted molar refractivity (Wildman–Crippen MR) is 55.3 cm³/mol. The summed E-state index contributed by atoms with van der Waals surface area (Å²) in [6.07, 6.45) is 5.72. The van der Waals surface area contributed by atoms with Crippen LogP contribution in [0.3, 0.4) is 0 Å². The molecule has 3 nitrogen and oxygen atoms in total. The number of hydrogen-bond acceptors (Lipinski definition) is 2. The molecule has 0 amide bonds. The minimum atomic E-state index is -0.211. The Labute approximate surface area is 86.5 Å². The zero-order chi connectivity index (χ0) is 9.76. The first-order valence-electron chi connectivity index (χ1n) is 4.61. The van der Waals surface area contributed by atoms with E-state index in [4.69, 9.17) is 17.3 Å². The Kier molecular flexibility index (Phi) is 1.47. The number of fused-ring (bicyclic) bond motifs is 1. The van der Waals surface area contributed by atoms with Crippen molar-refractivity contribution in [1.82, 2.24) is 9.38 Å². The number of hydrogen-bond donors (Lipinski definition) is 1. The summed E-state index contributed by atoms with van der Waals surface area (Å²) in [4.78, 5) is 4.35. The van der Waals surface area contributed by atoms with Crippen LogP contribution in [0.15, 0.2) is 24.5 Å². The van der Waals surface area contributed by atoms with E-state index in [1.165, 1.54) is 0 Å². The molecule has 2 N–H and O–H groups in total. The minimum Gasteiger partial charge on any atom is -0.319 e. The molecule has 2 aromatic rings. The van der Waals surface area contributed by atoms with Crippen molar-refractivity contribution in [1.29, 1.82) is 0 Å². The van der Waals surface area contributed by atoms with Crippen molar-refractivity contribution in [3.8, 4) is 0 Å². The molecule has 0 radical (unpaired) electrons. The molecular formula is C10H10ClN3. The van der Waals surface area contributed by atoms with Crippen LogP contribution in [0.25, 0.3) is 5.52 Å². The molecular weight excluding hydrogens is 198 g/mol. The molecule has 1 fully saturated rings. The first-order chi connectivity index (χ1) is 6.69. The average Bonchev–Trinajstić information content (AvgIpc) is 2.77. The Bertz CT molecular complexity index is 499. The second-order valence-electron chi connectivity index (χ2n) is 3.88. The topological polar surface area (TPSA) is 43.3 Å². The summed E-state index contributed by atoms with van der Waals surface area (Å²) < 4.78 is 1.98. The maximum Gasteiger partial charge on any atom is 0.133 e. The van der Waals surface area contributed by atoms with E-state index < -0.39 is 0 Å². The normalized spacial score (nSPS) is 18.7. The standard InChI is InChI=1S/C10H10ClN3/c11-7-1-2-8-5-13-9(14(8)6-7)10(12)3-4-10/h1-2,5-6H,3-4,12H2.